The third-order valence-corrected chi connectivity index (χ3v) is 10.9. The Morgan fingerprint density at radius 2 is 1.16 bits per heavy atom. The molecule has 0 amide bonds. The van der Waals surface area contributed by atoms with Crippen LogP contribution in [0, 0.1) is 13.8 Å². The Balaban J connectivity index is 1.25. The Morgan fingerprint density at radius 3 is 1.93 bits per heavy atom. The fourth-order valence-electron chi connectivity index (χ4n) is 8.47. The molecular weight excluding hydrogens is 669 g/mol. The molecule has 4 heteroatoms. The van der Waals surface area contributed by atoms with Crippen molar-refractivity contribution in [2.24, 2.45) is 10.7 Å². The highest BCUT2D eigenvalue weighted by Gasteiger charge is 2.20. The van der Waals surface area contributed by atoms with Crippen LogP contribution < -0.4 is 16.2 Å². The Morgan fingerprint density at radius 1 is 0.527 bits per heavy atom. The van der Waals surface area contributed by atoms with Gasteiger partial charge in [-0.15, -0.1) is 0 Å². The summed E-state index contributed by atoms with van der Waals surface area (Å²) in [6.45, 7) is 8.60. The van der Waals surface area contributed by atoms with Crippen LogP contribution in [0.2, 0.25) is 0 Å². The van der Waals surface area contributed by atoms with Crippen LogP contribution in [-0.2, 0) is 0 Å². The second-order valence-corrected chi connectivity index (χ2v) is 14.5. The number of hydrogen-bond donors (Lipinski definition) is 1. The van der Waals surface area contributed by atoms with E-state index in [4.69, 9.17) is 10.7 Å². The molecule has 0 aliphatic heterocycles. The van der Waals surface area contributed by atoms with Gasteiger partial charge in [-0.3, -0.25) is 4.57 Å². The molecule has 0 saturated heterocycles. The van der Waals surface area contributed by atoms with Gasteiger partial charge >= 0.3 is 0 Å². The first kappa shape index (κ1) is 32.5. The molecule has 262 valence electrons. The Hall–Kier alpha value is -7.17. The Kier molecular flexibility index (Phi) is 7.53. The zero-order valence-corrected chi connectivity index (χ0v) is 30.8. The van der Waals surface area contributed by atoms with E-state index < -0.39 is 0 Å². The number of fused-ring (bicyclic) bond motifs is 8. The molecule has 10 rings (SSSR count). The number of aromatic nitrogens is 2. The van der Waals surface area contributed by atoms with Crippen molar-refractivity contribution in [1.82, 2.24) is 9.13 Å². The van der Waals surface area contributed by atoms with Crippen molar-refractivity contribution in [1.29, 1.82) is 0 Å². The number of benzene rings is 8. The second kappa shape index (κ2) is 12.8. The summed E-state index contributed by atoms with van der Waals surface area (Å²) < 4.78 is 4.54. The number of nitrogens with zero attached hydrogens (tertiary/aromatic N) is 3. The summed E-state index contributed by atoms with van der Waals surface area (Å²) in [4.78, 5) is 5.26. The number of hydrogen-bond acceptors (Lipinski definition) is 1. The summed E-state index contributed by atoms with van der Waals surface area (Å²) in [5.74, 6) is 0.393. The lowest BCUT2D eigenvalue weighted by atomic mass is 9.94. The quantitative estimate of drug-likeness (QED) is 0.144. The summed E-state index contributed by atoms with van der Waals surface area (Å²) in [5, 5.41) is 8.93. The summed E-state index contributed by atoms with van der Waals surface area (Å²) in [6.07, 6.45) is 0. The molecule has 0 unspecified atom stereocenters. The smallest absolute Gasteiger partial charge is 0.205 e. The van der Waals surface area contributed by atoms with Crippen molar-refractivity contribution in [3.05, 3.63) is 197 Å². The minimum absolute atomic E-state index is 0.393. The summed E-state index contributed by atoms with van der Waals surface area (Å²) in [7, 11) is 0. The molecule has 2 N–H and O–H groups in total. The molecule has 0 spiro atoms. The molecule has 0 bridgehead atoms. The van der Waals surface area contributed by atoms with Gasteiger partial charge in [-0.1, -0.05) is 140 Å². The van der Waals surface area contributed by atoms with E-state index in [0.717, 1.165) is 60.3 Å². The first-order valence-electron chi connectivity index (χ1n) is 18.7. The van der Waals surface area contributed by atoms with E-state index in [9.17, 15) is 0 Å². The second-order valence-electron chi connectivity index (χ2n) is 14.5. The van der Waals surface area contributed by atoms with Gasteiger partial charge in [0.2, 0.25) is 5.96 Å². The van der Waals surface area contributed by atoms with Crippen molar-refractivity contribution in [2.75, 3.05) is 0 Å². The maximum absolute atomic E-state index is 7.19. The van der Waals surface area contributed by atoms with Gasteiger partial charge in [-0.25, -0.2) is 4.99 Å². The van der Waals surface area contributed by atoms with E-state index in [-0.39, 0.29) is 0 Å². The van der Waals surface area contributed by atoms with Crippen LogP contribution in [0.25, 0.3) is 83.5 Å². The number of nitrogens with two attached hydrogens (primary N) is 1. The number of aliphatic imine (C=N–C) groups is 1. The van der Waals surface area contributed by atoms with Gasteiger partial charge in [0.25, 0.3) is 0 Å². The number of aryl methyl sites for hydroxylation is 2. The molecule has 0 aliphatic rings. The third kappa shape index (κ3) is 5.25. The molecule has 10 aromatic rings. The topological polar surface area (TPSA) is 48.2 Å². The van der Waals surface area contributed by atoms with Gasteiger partial charge in [0.05, 0.1) is 27.8 Å². The average Bonchev–Trinajstić information content (AvgIpc) is 3.73. The van der Waals surface area contributed by atoms with Crippen molar-refractivity contribution in [2.45, 2.75) is 13.8 Å². The van der Waals surface area contributed by atoms with Gasteiger partial charge in [0.15, 0.2) is 0 Å². The zero-order valence-electron chi connectivity index (χ0n) is 30.8. The zero-order chi connectivity index (χ0) is 37.2. The van der Waals surface area contributed by atoms with Crippen LogP contribution >= 0.6 is 0 Å². The largest absolute Gasteiger partial charge is 0.369 e. The minimum atomic E-state index is 0.393. The van der Waals surface area contributed by atoms with Crippen molar-refractivity contribution >= 4 is 72.6 Å². The first-order valence-corrected chi connectivity index (χ1v) is 18.7. The number of rotatable bonds is 4. The minimum Gasteiger partial charge on any atom is -0.369 e. The van der Waals surface area contributed by atoms with Crippen molar-refractivity contribution in [3.8, 4) is 16.8 Å². The van der Waals surface area contributed by atoms with E-state index in [1.165, 1.54) is 43.7 Å². The van der Waals surface area contributed by atoms with Crippen LogP contribution in [0.5, 0.6) is 0 Å². The monoisotopic (exact) mass is 706 g/mol. The fraction of sp³-hybridized carbons (Fsp3) is 0.0392. The van der Waals surface area contributed by atoms with Crippen LogP contribution in [0.15, 0.2) is 175 Å². The lowest BCUT2D eigenvalue weighted by Crippen LogP contribution is -2.28. The normalized spacial score (nSPS) is 12.7. The highest BCUT2D eigenvalue weighted by atomic mass is 15.2. The van der Waals surface area contributed by atoms with Gasteiger partial charge < -0.3 is 10.3 Å². The molecule has 0 fully saturated rings. The molecular formula is C51H38N4. The summed E-state index contributed by atoms with van der Waals surface area (Å²) in [5.41, 5.74) is 19.2. The molecule has 0 saturated carbocycles. The summed E-state index contributed by atoms with van der Waals surface area (Å²) >= 11 is 0. The number of para-hydroxylation sites is 2. The molecule has 55 heavy (non-hydrogen) atoms. The molecule has 2 heterocycles. The molecule has 0 atom stereocenters. The highest BCUT2D eigenvalue weighted by Crippen LogP contribution is 2.42. The molecule has 0 aliphatic carbocycles. The average molecular weight is 707 g/mol. The van der Waals surface area contributed by atoms with Crippen LogP contribution in [0.3, 0.4) is 0 Å². The van der Waals surface area contributed by atoms with Gasteiger partial charge in [-0.2, -0.15) is 0 Å². The maximum atomic E-state index is 7.19. The van der Waals surface area contributed by atoms with Crippen molar-refractivity contribution in [3.63, 3.8) is 0 Å². The first-order chi connectivity index (χ1) is 26.9. The molecule has 4 nitrogen and oxygen atoms in total. The predicted octanol–water partition coefficient (Wildman–Crippen LogP) is 10.8. The Bertz CT molecular complexity index is 3320. The Labute approximate surface area is 319 Å². The lowest BCUT2D eigenvalue weighted by Gasteiger charge is -2.14. The van der Waals surface area contributed by atoms with Crippen LogP contribution in [0.1, 0.15) is 16.7 Å². The highest BCUT2D eigenvalue weighted by molar-refractivity contribution is 6.23. The van der Waals surface area contributed by atoms with E-state index >= 15 is 0 Å². The van der Waals surface area contributed by atoms with Gasteiger partial charge in [-0.05, 0) is 83.6 Å². The van der Waals surface area contributed by atoms with E-state index in [1.807, 2.05) is 18.2 Å². The standard InChI is InChI=1S/C51H38N4/c1-32-14-12-17-36(28-32)49(38-19-5-4-16-34(38)3)53-51(52)55-47-25-11-8-21-40(47)42-27-26-35(30-48(42)55)44-31-45-41-22-9-10-24-46(41)54(37-18-13-15-33(2)29-37)50(45)43-23-7-6-20-39(43)44/h4-31H,3H2,1-2H3,(H2,52,53)/b49-38-. The van der Waals surface area contributed by atoms with Gasteiger partial charge in [0.1, 0.15) is 0 Å². The third-order valence-electron chi connectivity index (χ3n) is 10.9. The SMILES string of the molecule is C=c1cccc/c1=C(/N=C(N)n1c2ccccc2c2ccc(-c3cc4c5ccccc5n(-c5cccc(C)c5)c4c4ccccc34)cc21)c1cccc(C)c1. The van der Waals surface area contributed by atoms with Crippen LogP contribution in [-0.4, -0.2) is 15.1 Å². The van der Waals surface area contributed by atoms with Gasteiger partial charge in [0, 0.05) is 43.4 Å². The molecule has 2 aromatic heterocycles. The predicted molar refractivity (Wildman–Crippen MR) is 233 cm³/mol. The van der Waals surface area contributed by atoms with Crippen LogP contribution in [0.4, 0.5) is 0 Å². The van der Waals surface area contributed by atoms with E-state index in [0.29, 0.717) is 5.96 Å². The fourth-order valence-corrected chi connectivity index (χ4v) is 8.47. The maximum Gasteiger partial charge on any atom is 0.205 e. The van der Waals surface area contributed by atoms with E-state index in [1.54, 1.807) is 0 Å². The molecule has 8 aromatic carbocycles. The van der Waals surface area contributed by atoms with E-state index in [2.05, 4.69) is 181 Å². The lowest BCUT2D eigenvalue weighted by molar-refractivity contribution is 1.18. The molecule has 0 radical (unpaired) electrons. The summed E-state index contributed by atoms with van der Waals surface area (Å²) in [6, 6.07) is 60.4. The van der Waals surface area contributed by atoms with Crippen molar-refractivity contribution < 1.29 is 0 Å².